The lowest BCUT2D eigenvalue weighted by atomic mass is 10.2. The fourth-order valence-corrected chi connectivity index (χ4v) is 2.83. The molecule has 1 aromatic heterocycles. The number of aryl methyl sites for hydroxylation is 1. The van der Waals surface area contributed by atoms with E-state index in [1.807, 2.05) is 11.3 Å². The van der Waals surface area contributed by atoms with Crippen LogP contribution >= 0.6 is 27.3 Å². The van der Waals surface area contributed by atoms with Crippen molar-refractivity contribution in [1.82, 2.24) is 5.32 Å². The van der Waals surface area contributed by atoms with Gasteiger partial charge < -0.3 is 5.32 Å². The predicted octanol–water partition coefficient (Wildman–Crippen LogP) is 4.67. The summed E-state index contributed by atoms with van der Waals surface area (Å²) in [4.78, 5) is 2.77. The van der Waals surface area contributed by atoms with Gasteiger partial charge in [0.05, 0.1) is 0 Å². The quantitative estimate of drug-likeness (QED) is 0.865. The molecule has 1 unspecified atom stereocenters. The first-order chi connectivity index (χ1) is 8.15. The highest BCUT2D eigenvalue weighted by molar-refractivity contribution is 9.10. The van der Waals surface area contributed by atoms with Crippen LogP contribution in [0.15, 0.2) is 40.9 Å². The summed E-state index contributed by atoms with van der Waals surface area (Å²) in [6.07, 6.45) is 0. The van der Waals surface area contributed by atoms with Crippen molar-refractivity contribution in [2.45, 2.75) is 26.4 Å². The van der Waals surface area contributed by atoms with Gasteiger partial charge >= 0.3 is 0 Å². The van der Waals surface area contributed by atoms with Gasteiger partial charge in [0.25, 0.3) is 0 Å². The SMILES string of the molecule is Cc1ccc(C(C)NCc2ccc(Br)cc2)s1. The third-order valence-corrected chi connectivity index (χ3v) is 4.43. The monoisotopic (exact) mass is 309 g/mol. The van der Waals surface area contributed by atoms with Crippen LogP contribution in [-0.4, -0.2) is 0 Å². The van der Waals surface area contributed by atoms with Crippen LogP contribution in [0.2, 0.25) is 0 Å². The summed E-state index contributed by atoms with van der Waals surface area (Å²) in [5, 5.41) is 3.54. The zero-order valence-electron chi connectivity index (χ0n) is 10.0. The molecular weight excluding hydrogens is 294 g/mol. The number of benzene rings is 1. The Kier molecular flexibility index (Phi) is 4.37. The van der Waals surface area contributed by atoms with Crippen LogP contribution in [0, 0.1) is 6.92 Å². The van der Waals surface area contributed by atoms with E-state index in [2.05, 4.69) is 71.5 Å². The lowest BCUT2D eigenvalue weighted by molar-refractivity contribution is 0.583. The van der Waals surface area contributed by atoms with Gasteiger partial charge in [-0.15, -0.1) is 11.3 Å². The van der Waals surface area contributed by atoms with Crippen molar-refractivity contribution in [3.05, 3.63) is 56.2 Å². The van der Waals surface area contributed by atoms with Crippen LogP contribution in [0.5, 0.6) is 0 Å². The van der Waals surface area contributed by atoms with Crippen molar-refractivity contribution < 1.29 is 0 Å². The summed E-state index contributed by atoms with van der Waals surface area (Å²) >= 11 is 5.31. The van der Waals surface area contributed by atoms with Crippen LogP contribution < -0.4 is 5.32 Å². The lowest BCUT2D eigenvalue weighted by Gasteiger charge is -2.12. The molecule has 1 N–H and O–H groups in total. The van der Waals surface area contributed by atoms with Crippen LogP contribution in [0.1, 0.15) is 28.3 Å². The van der Waals surface area contributed by atoms with Crippen molar-refractivity contribution in [3.63, 3.8) is 0 Å². The number of hydrogen-bond donors (Lipinski definition) is 1. The van der Waals surface area contributed by atoms with Gasteiger partial charge in [-0.25, -0.2) is 0 Å². The van der Waals surface area contributed by atoms with Gasteiger partial charge in [-0.2, -0.15) is 0 Å². The number of hydrogen-bond acceptors (Lipinski definition) is 2. The molecule has 0 aliphatic rings. The van der Waals surface area contributed by atoms with Crippen molar-refractivity contribution in [2.24, 2.45) is 0 Å². The largest absolute Gasteiger partial charge is 0.305 e. The average molecular weight is 310 g/mol. The Morgan fingerprint density at radius 3 is 2.47 bits per heavy atom. The predicted molar refractivity (Wildman–Crippen MR) is 78.5 cm³/mol. The highest BCUT2D eigenvalue weighted by Crippen LogP contribution is 2.22. The molecule has 0 spiro atoms. The number of halogens is 1. The minimum Gasteiger partial charge on any atom is -0.305 e. The Bertz CT molecular complexity index is 475. The van der Waals surface area contributed by atoms with E-state index in [9.17, 15) is 0 Å². The van der Waals surface area contributed by atoms with Gasteiger partial charge in [-0.05, 0) is 43.7 Å². The maximum absolute atomic E-state index is 3.54. The smallest absolute Gasteiger partial charge is 0.0388 e. The van der Waals surface area contributed by atoms with Crippen molar-refractivity contribution in [3.8, 4) is 0 Å². The second-order valence-electron chi connectivity index (χ2n) is 4.18. The van der Waals surface area contributed by atoms with Gasteiger partial charge in [-0.1, -0.05) is 28.1 Å². The van der Waals surface area contributed by atoms with E-state index in [4.69, 9.17) is 0 Å². The molecule has 0 aliphatic carbocycles. The molecule has 1 heterocycles. The molecule has 1 aromatic carbocycles. The Morgan fingerprint density at radius 1 is 1.18 bits per heavy atom. The standard InChI is InChI=1S/C14H16BrNS/c1-10-3-8-14(17-10)11(2)16-9-12-4-6-13(15)7-5-12/h3-8,11,16H,9H2,1-2H3. The molecule has 2 rings (SSSR count). The van der Waals surface area contributed by atoms with Gasteiger partial charge in [0.2, 0.25) is 0 Å². The molecule has 90 valence electrons. The molecule has 0 radical (unpaired) electrons. The van der Waals surface area contributed by atoms with Gasteiger partial charge in [-0.3, -0.25) is 0 Å². The summed E-state index contributed by atoms with van der Waals surface area (Å²) in [5.41, 5.74) is 1.31. The van der Waals surface area contributed by atoms with Crippen LogP contribution in [0.25, 0.3) is 0 Å². The van der Waals surface area contributed by atoms with E-state index in [1.165, 1.54) is 15.3 Å². The van der Waals surface area contributed by atoms with E-state index >= 15 is 0 Å². The van der Waals surface area contributed by atoms with Gasteiger partial charge in [0, 0.05) is 26.8 Å². The molecule has 1 atom stereocenters. The molecule has 0 amide bonds. The van der Waals surface area contributed by atoms with Gasteiger partial charge in [0.15, 0.2) is 0 Å². The van der Waals surface area contributed by atoms with E-state index in [0.717, 1.165) is 11.0 Å². The maximum atomic E-state index is 3.54. The molecular formula is C14H16BrNS. The van der Waals surface area contributed by atoms with Crippen molar-refractivity contribution in [1.29, 1.82) is 0 Å². The molecule has 0 fully saturated rings. The Morgan fingerprint density at radius 2 is 1.88 bits per heavy atom. The third kappa shape index (κ3) is 3.66. The summed E-state index contributed by atoms with van der Waals surface area (Å²) in [6, 6.07) is 13.2. The fourth-order valence-electron chi connectivity index (χ4n) is 1.66. The van der Waals surface area contributed by atoms with Crippen molar-refractivity contribution in [2.75, 3.05) is 0 Å². The molecule has 3 heteroatoms. The lowest BCUT2D eigenvalue weighted by Crippen LogP contribution is -2.16. The van der Waals surface area contributed by atoms with Gasteiger partial charge in [0.1, 0.15) is 0 Å². The topological polar surface area (TPSA) is 12.0 Å². The number of rotatable bonds is 4. The normalized spacial score (nSPS) is 12.6. The Labute approximate surface area is 115 Å². The van der Waals surface area contributed by atoms with E-state index in [-0.39, 0.29) is 0 Å². The second-order valence-corrected chi connectivity index (χ2v) is 6.41. The molecule has 17 heavy (non-hydrogen) atoms. The highest BCUT2D eigenvalue weighted by Gasteiger charge is 2.06. The van der Waals surface area contributed by atoms with Crippen LogP contribution in [0.3, 0.4) is 0 Å². The minimum atomic E-state index is 0.414. The fraction of sp³-hybridized carbons (Fsp3) is 0.286. The van der Waals surface area contributed by atoms with E-state index in [1.54, 1.807) is 0 Å². The average Bonchev–Trinajstić information content (AvgIpc) is 2.75. The second kappa shape index (κ2) is 5.80. The maximum Gasteiger partial charge on any atom is 0.0388 e. The number of thiophene rings is 1. The minimum absolute atomic E-state index is 0.414. The Hall–Kier alpha value is -0.640. The first-order valence-electron chi connectivity index (χ1n) is 5.69. The van der Waals surface area contributed by atoms with Crippen molar-refractivity contribution >= 4 is 27.3 Å². The molecule has 1 nitrogen and oxygen atoms in total. The first kappa shape index (κ1) is 12.8. The highest BCUT2D eigenvalue weighted by atomic mass is 79.9. The molecule has 0 saturated heterocycles. The first-order valence-corrected chi connectivity index (χ1v) is 7.30. The molecule has 2 aromatic rings. The molecule has 0 saturated carbocycles. The molecule has 0 bridgehead atoms. The third-order valence-electron chi connectivity index (χ3n) is 2.71. The summed E-state index contributed by atoms with van der Waals surface area (Å²) in [6.45, 7) is 5.27. The van der Waals surface area contributed by atoms with E-state index in [0.29, 0.717) is 6.04 Å². The number of nitrogens with one attached hydrogen (secondary N) is 1. The summed E-state index contributed by atoms with van der Waals surface area (Å²) < 4.78 is 1.13. The zero-order chi connectivity index (χ0) is 12.3. The molecule has 0 aliphatic heterocycles. The van der Waals surface area contributed by atoms with Crippen LogP contribution in [0.4, 0.5) is 0 Å². The Balaban J connectivity index is 1.92. The summed E-state index contributed by atoms with van der Waals surface area (Å²) in [7, 11) is 0. The van der Waals surface area contributed by atoms with Crippen LogP contribution in [-0.2, 0) is 6.54 Å². The zero-order valence-corrected chi connectivity index (χ0v) is 12.4. The summed E-state index contributed by atoms with van der Waals surface area (Å²) in [5.74, 6) is 0. The van der Waals surface area contributed by atoms with E-state index < -0.39 is 0 Å².